The summed E-state index contributed by atoms with van der Waals surface area (Å²) in [6.45, 7) is 2.07. The number of benzene rings is 1. The van der Waals surface area contributed by atoms with Crippen LogP contribution in [0.15, 0.2) is 35.4 Å². The van der Waals surface area contributed by atoms with Crippen molar-refractivity contribution in [1.29, 1.82) is 0 Å². The quantitative estimate of drug-likeness (QED) is 0.652. The van der Waals surface area contributed by atoms with Crippen LogP contribution < -0.4 is 5.43 Å². The highest BCUT2D eigenvalue weighted by Crippen LogP contribution is 2.23. The smallest absolute Gasteiger partial charge is 0.243 e. The molecule has 0 aliphatic heterocycles. The van der Waals surface area contributed by atoms with E-state index in [1.807, 2.05) is 18.2 Å². The highest BCUT2D eigenvalue weighted by atomic mass is 16.2. The summed E-state index contributed by atoms with van der Waals surface area (Å²) < 4.78 is 0. The number of amides is 1. The third kappa shape index (κ3) is 4.19. The Bertz CT molecular complexity index is 422. The van der Waals surface area contributed by atoms with Crippen molar-refractivity contribution >= 4 is 12.1 Å². The third-order valence-corrected chi connectivity index (χ3v) is 3.77. The Kier molecular flexibility index (Phi) is 5.13. The van der Waals surface area contributed by atoms with Crippen LogP contribution in [0.25, 0.3) is 0 Å². The van der Waals surface area contributed by atoms with Crippen molar-refractivity contribution in [1.82, 2.24) is 5.43 Å². The van der Waals surface area contributed by atoms with Crippen molar-refractivity contribution in [3.8, 4) is 0 Å². The number of hydrogen-bond acceptors (Lipinski definition) is 2. The van der Waals surface area contributed by atoms with E-state index in [0.717, 1.165) is 12.8 Å². The van der Waals surface area contributed by atoms with Crippen LogP contribution in [0, 0.1) is 5.92 Å². The van der Waals surface area contributed by atoms with Gasteiger partial charge in [-0.3, -0.25) is 4.79 Å². The number of hydrogen-bond donors (Lipinski definition) is 1. The molecule has 1 aliphatic rings. The third-order valence-electron chi connectivity index (χ3n) is 3.77. The van der Waals surface area contributed by atoms with Crippen LogP contribution in [0.3, 0.4) is 0 Å². The second kappa shape index (κ2) is 7.07. The summed E-state index contributed by atoms with van der Waals surface area (Å²) in [6, 6.07) is 10.2. The second-order valence-electron chi connectivity index (χ2n) is 5.29. The molecular formula is C16H22N2O. The van der Waals surface area contributed by atoms with Gasteiger partial charge in [-0.05, 0) is 18.4 Å². The van der Waals surface area contributed by atoms with E-state index in [0.29, 0.717) is 0 Å². The van der Waals surface area contributed by atoms with Crippen molar-refractivity contribution in [2.24, 2.45) is 11.0 Å². The highest BCUT2D eigenvalue weighted by Gasteiger charge is 2.20. The number of nitrogens with zero attached hydrogens (tertiary/aromatic N) is 1. The molecule has 1 aromatic rings. The van der Waals surface area contributed by atoms with Gasteiger partial charge in [-0.25, -0.2) is 5.43 Å². The van der Waals surface area contributed by atoms with E-state index >= 15 is 0 Å². The minimum absolute atomic E-state index is 0.0798. The van der Waals surface area contributed by atoms with Crippen molar-refractivity contribution in [3.05, 3.63) is 35.9 Å². The van der Waals surface area contributed by atoms with Gasteiger partial charge in [0.05, 0.1) is 0 Å². The molecule has 0 bridgehead atoms. The fourth-order valence-corrected chi connectivity index (χ4v) is 2.51. The molecular weight excluding hydrogens is 236 g/mol. The minimum Gasteiger partial charge on any atom is -0.273 e. The number of hydrazone groups is 1. The first-order valence-electron chi connectivity index (χ1n) is 7.15. The van der Waals surface area contributed by atoms with Gasteiger partial charge in [-0.2, -0.15) is 5.10 Å². The molecule has 19 heavy (non-hydrogen) atoms. The molecule has 3 heteroatoms. The Hall–Kier alpha value is -1.64. The number of carbonyl (C=O) groups excluding carboxylic acids is 1. The molecule has 1 saturated carbocycles. The largest absolute Gasteiger partial charge is 0.273 e. The Morgan fingerprint density at radius 2 is 1.95 bits per heavy atom. The molecule has 1 aromatic carbocycles. The maximum atomic E-state index is 11.9. The maximum Gasteiger partial charge on any atom is 0.243 e. The lowest BCUT2D eigenvalue weighted by Gasteiger charge is -2.19. The average Bonchev–Trinajstić information content (AvgIpc) is 2.49. The Labute approximate surface area is 115 Å². The summed E-state index contributed by atoms with van der Waals surface area (Å²) >= 11 is 0. The van der Waals surface area contributed by atoms with Crippen LogP contribution in [0.5, 0.6) is 0 Å². The van der Waals surface area contributed by atoms with Crippen LogP contribution in [0.1, 0.15) is 50.5 Å². The molecule has 0 saturated heterocycles. The van der Waals surface area contributed by atoms with Gasteiger partial charge in [0.25, 0.3) is 0 Å². The van der Waals surface area contributed by atoms with E-state index in [2.05, 4.69) is 29.6 Å². The molecule has 1 amide bonds. The molecule has 0 heterocycles. The molecule has 3 nitrogen and oxygen atoms in total. The zero-order valence-corrected chi connectivity index (χ0v) is 11.5. The van der Waals surface area contributed by atoms with Gasteiger partial charge in [0.2, 0.25) is 5.91 Å². The van der Waals surface area contributed by atoms with Crippen molar-refractivity contribution < 1.29 is 4.79 Å². The lowest BCUT2D eigenvalue weighted by atomic mass is 9.89. The summed E-state index contributed by atoms with van der Waals surface area (Å²) in [7, 11) is 0. The van der Waals surface area contributed by atoms with Gasteiger partial charge < -0.3 is 0 Å². The summed E-state index contributed by atoms with van der Waals surface area (Å²) in [4.78, 5) is 11.9. The number of carbonyl (C=O) groups is 1. The summed E-state index contributed by atoms with van der Waals surface area (Å²) in [5, 5.41) is 4.10. The van der Waals surface area contributed by atoms with Crippen LogP contribution in [-0.4, -0.2) is 12.1 Å². The van der Waals surface area contributed by atoms with Crippen LogP contribution in [-0.2, 0) is 4.79 Å². The molecule has 0 unspecified atom stereocenters. The van der Waals surface area contributed by atoms with E-state index in [4.69, 9.17) is 0 Å². The zero-order valence-electron chi connectivity index (χ0n) is 11.5. The number of rotatable bonds is 4. The molecule has 1 atom stereocenters. The molecule has 1 N–H and O–H groups in total. The van der Waals surface area contributed by atoms with Gasteiger partial charge in [0.1, 0.15) is 0 Å². The minimum atomic E-state index is 0.0798. The zero-order chi connectivity index (χ0) is 13.5. The topological polar surface area (TPSA) is 41.5 Å². The van der Waals surface area contributed by atoms with E-state index < -0.39 is 0 Å². The van der Waals surface area contributed by atoms with E-state index in [1.54, 1.807) is 6.21 Å². The molecule has 102 valence electrons. The monoisotopic (exact) mass is 258 g/mol. The predicted molar refractivity (Wildman–Crippen MR) is 78.1 cm³/mol. The predicted octanol–water partition coefficient (Wildman–Crippen LogP) is 3.47. The first-order chi connectivity index (χ1) is 9.27. The summed E-state index contributed by atoms with van der Waals surface area (Å²) in [6.07, 6.45) is 7.42. The lowest BCUT2D eigenvalue weighted by molar-refractivity contribution is -0.125. The summed E-state index contributed by atoms with van der Waals surface area (Å²) in [5.41, 5.74) is 3.89. The normalized spacial score (nSPS) is 18.4. The van der Waals surface area contributed by atoms with Gasteiger partial charge in [-0.1, -0.05) is 56.5 Å². The maximum absolute atomic E-state index is 11.9. The Morgan fingerprint density at radius 3 is 2.63 bits per heavy atom. The molecule has 1 fully saturated rings. The van der Waals surface area contributed by atoms with Gasteiger partial charge in [0.15, 0.2) is 0 Å². The van der Waals surface area contributed by atoms with Crippen LogP contribution >= 0.6 is 0 Å². The van der Waals surface area contributed by atoms with E-state index in [-0.39, 0.29) is 17.7 Å². The Morgan fingerprint density at radius 1 is 1.26 bits per heavy atom. The van der Waals surface area contributed by atoms with Gasteiger partial charge in [0, 0.05) is 18.1 Å². The Balaban J connectivity index is 1.81. The molecule has 1 aliphatic carbocycles. The van der Waals surface area contributed by atoms with E-state index in [9.17, 15) is 4.79 Å². The fraction of sp³-hybridized carbons (Fsp3) is 0.500. The average molecular weight is 258 g/mol. The van der Waals surface area contributed by atoms with Crippen molar-refractivity contribution in [2.75, 3.05) is 0 Å². The summed E-state index contributed by atoms with van der Waals surface area (Å²) in [5.74, 6) is 0.460. The van der Waals surface area contributed by atoms with Crippen molar-refractivity contribution in [2.45, 2.75) is 44.9 Å². The van der Waals surface area contributed by atoms with Gasteiger partial charge in [-0.15, -0.1) is 0 Å². The molecule has 2 rings (SSSR count). The molecule has 0 radical (unpaired) electrons. The highest BCUT2D eigenvalue weighted by molar-refractivity contribution is 5.79. The second-order valence-corrected chi connectivity index (χ2v) is 5.29. The lowest BCUT2D eigenvalue weighted by Crippen LogP contribution is -2.28. The number of nitrogens with one attached hydrogen (secondary N) is 1. The van der Waals surface area contributed by atoms with Crippen LogP contribution in [0.4, 0.5) is 0 Å². The standard InChI is InChI=1S/C16H22N2O/c1-13(14-8-4-2-5-9-14)12-17-18-16(19)15-10-6-3-7-11-15/h2,4-5,8-9,12-13,15H,3,6-7,10-11H2,1H3,(H,18,19)/b17-12-/t13-/m1/s1. The first kappa shape index (κ1) is 13.8. The molecule has 0 aromatic heterocycles. The van der Waals surface area contributed by atoms with E-state index in [1.165, 1.54) is 24.8 Å². The van der Waals surface area contributed by atoms with Crippen LogP contribution in [0.2, 0.25) is 0 Å². The van der Waals surface area contributed by atoms with Crippen molar-refractivity contribution in [3.63, 3.8) is 0 Å². The fourth-order valence-electron chi connectivity index (χ4n) is 2.51. The molecule has 0 spiro atoms. The van der Waals surface area contributed by atoms with Gasteiger partial charge >= 0.3 is 0 Å². The SMILES string of the molecule is C[C@H](/C=N\NC(=O)C1CCCCC1)c1ccccc1. The first-order valence-corrected chi connectivity index (χ1v) is 7.15.